The van der Waals surface area contributed by atoms with Gasteiger partial charge >= 0.3 is 0 Å². The maximum atomic E-state index is 12.4. The van der Waals surface area contributed by atoms with Crippen LogP contribution in [0.4, 0.5) is 0 Å². The van der Waals surface area contributed by atoms with E-state index in [1.54, 1.807) is 11.8 Å². The van der Waals surface area contributed by atoms with Gasteiger partial charge in [0.2, 0.25) is 5.91 Å². The molecule has 0 spiro atoms. The van der Waals surface area contributed by atoms with Gasteiger partial charge in [0.25, 0.3) is 0 Å². The first kappa shape index (κ1) is 16.0. The van der Waals surface area contributed by atoms with E-state index in [-0.39, 0.29) is 36.2 Å². The van der Waals surface area contributed by atoms with E-state index in [2.05, 4.69) is 5.32 Å². The molecular weight excluding hydrogens is 288 g/mol. The van der Waals surface area contributed by atoms with E-state index in [1.165, 1.54) is 0 Å². The van der Waals surface area contributed by atoms with E-state index in [0.29, 0.717) is 6.42 Å². The lowest BCUT2D eigenvalue weighted by atomic mass is 10.1. The predicted octanol–water partition coefficient (Wildman–Crippen LogP) is 1.33. The molecule has 0 aromatic heterocycles. The SMILES string of the molecule is CCC1NC(c2ccccc2)N(CCS(=O)(=O)CC)C1=O. The second-order valence-electron chi connectivity index (χ2n) is 5.21. The molecule has 1 fully saturated rings. The number of nitrogens with zero attached hydrogens (tertiary/aromatic N) is 1. The highest BCUT2D eigenvalue weighted by Crippen LogP contribution is 2.26. The molecule has 116 valence electrons. The van der Waals surface area contributed by atoms with Crippen LogP contribution in [0.3, 0.4) is 0 Å². The van der Waals surface area contributed by atoms with Crippen LogP contribution in [0.15, 0.2) is 30.3 Å². The maximum absolute atomic E-state index is 12.4. The summed E-state index contributed by atoms with van der Waals surface area (Å²) in [6, 6.07) is 9.42. The average molecular weight is 310 g/mol. The van der Waals surface area contributed by atoms with Crippen molar-refractivity contribution in [1.29, 1.82) is 0 Å². The van der Waals surface area contributed by atoms with Crippen molar-refractivity contribution >= 4 is 15.7 Å². The topological polar surface area (TPSA) is 66.5 Å². The van der Waals surface area contributed by atoms with Crippen LogP contribution in [-0.2, 0) is 14.6 Å². The van der Waals surface area contributed by atoms with Crippen LogP contribution in [0.5, 0.6) is 0 Å². The van der Waals surface area contributed by atoms with Gasteiger partial charge in [-0.3, -0.25) is 10.1 Å². The minimum absolute atomic E-state index is 0.0106. The smallest absolute Gasteiger partial charge is 0.241 e. The number of benzene rings is 1. The number of sulfone groups is 1. The van der Waals surface area contributed by atoms with Crippen molar-refractivity contribution in [1.82, 2.24) is 10.2 Å². The summed E-state index contributed by atoms with van der Waals surface area (Å²) in [5.41, 5.74) is 0.982. The van der Waals surface area contributed by atoms with Gasteiger partial charge in [0.15, 0.2) is 9.84 Å². The molecule has 6 heteroatoms. The molecule has 21 heavy (non-hydrogen) atoms. The minimum Gasteiger partial charge on any atom is -0.321 e. The first-order valence-electron chi connectivity index (χ1n) is 7.30. The summed E-state index contributed by atoms with van der Waals surface area (Å²) >= 11 is 0. The van der Waals surface area contributed by atoms with Crippen LogP contribution in [0.25, 0.3) is 0 Å². The normalized spacial score (nSPS) is 22.8. The van der Waals surface area contributed by atoms with E-state index >= 15 is 0 Å². The Labute approximate surface area is 126 Å². The molecule has 1 heterocycles. The molecule has 2 atom stereocenters. The molecule has 1 aromatic rings. The van der Waals surface area contributed by atoms with E-state index in [9.17, 15) is 13.2 Å². The molecule has 2 rings (SSSR count). The first-order chi connectivity index (χ1) is 9.98. The van der Waals surface area contributed by atoms with Crippen molar-refractivity contribution < 1.29 is 13.2 Å². The highest BCUT2D eigenvalue weighted by Gasteiger charge is 2.38. The van der Waals surface area contributed by atoms with E-state index < -0.39 is 9.84 Å². The largest absolute Gasteiger partial charge is 0.321 e. The lowest BCUT2D eigenvalue weighted by Gasteiger charge is -2.24. The van der Waals surface area contributed by atoms with Crippen LogP contribution in [-0.4, -0.2) is 43.3 Å². The Morgan fingerprint density at radius 3 is 2.43 bits per heavy atom. The third-order valence-electron chi connectivity index (χ3n) is 3.86. The number of amides is 1. The molecule has 0 aliphatic carbocycles. The summed E-state index contributed by atoms with van der Waals surface area (Å²) in [6.07, 6.45) is 0.454. The molecule has 1 amide bonds. The molecule has 0 saturated carbocycles. The van der Waals surface area contributed by atoms with E-state index in [0.717, 1.165) is 5.56 Å². The highest BCUT2D eigenvalue weighted by atomic mass is 32.2. The summed E-state index contributed by atoms with van der Waals surface area (Å²) in [5.74, 6) is 0.101. The van der Waals surface area contributed by atoms with Gasteiger partial charge in [0.1, 0.15) is 6.17 Å². The number of nitrogens with one attached hydrogen (secondary N) is 1. The predicted molar refractivity (Wildman–Crippen MR) is 82.4 cm³/mol. The molecule has 1 aliphatic rings. The van der Waals surface area contributed by atoms with Gasteiger partial charge < -0.3 is 4.90 Å². The van der Waals surface area contributed by atoms with Gasteiger partial charge in [-0.05, 0) is 12.0 Å². The number of carbonyl (C=O) groups excluding carboxylic acids is 1. The highest BCUT2D eigenvalue weighted by molar-refractivity contribution is 7.91. The van der Waals surface area contributed by atoms with Crippen LogP contribution in [0.1, 0.15) is 32.0 Å². The molecule has 0 radical (unpaired) electrons. The fourth-order valence-corrected chi connectivity index (χ4v) is 3.27. The molecule has 5 nitrogen and oxygen atoms in total. The van der Waals surface area contributed by atoms with Gasteiger partial charge in [-0.1, -0.05) is 44.2 Å². The van der Waals surface area contributed by atoms with Gasteiger partial charge in [-0.2, -0.15) is 0 Å². The van der Waals surface area contributed by atoms with Crippen molar-refractivity contribution in [3.63, 3.8) is 0 Å². The third-order valence-corrected chi connectivity index (χ3v) is 5.54. The van der Waals surface area contributed by atoms with Crippen LogP contribution in [0, 0.1) is 0 Å². The van der Waals surface area contributed by atoms with Crippen molar-refractivity contribution in [2.45, 2.75) is 32.5 Å². The van der Waals surface area contributed by atoms with Crippen LogP contribution in [0.2, 0.25) is 0 Å². The van der Waals surface area contributed by atoms with E-state index in [1.807, 2.05) is 37.3 Å². The molecule has 1 aliphatic heterocycles. The van der Waals surface area contributed by atoms with E-state index in [4.69, 9.17) is 0 Å². The Kier molecular flexibility index (Phi) is 5.00. The van der Waals surface area contributed by atoms with Gasteiger partial charge in [0, 0.05) is 12.3 Å². The Morgan fingerprint density at radius 2 is 1.86 bits per heavy atom. The van der Waals surface area contributed by atoms with Crippen molar-refractivity contribution in [3.8, 4) is 0 Å². The second-order valence-corrected chi connectivity index (χ2v) is 7.68. The Hall–Kier alpha value is -1.40. The summed E-state index contributed by atoms with van der Waals surface area (Å²) in [4.78, 5) is 14.0. The van der Waals surface area contributed by atoms with Crippen molar-refractivity contribution in [2.24, 2.45) is 0 Å². The van der Waals surface area contributed by atoms with Crippen molar-refractivity contribution in [2.75, 3.05) is 18.1 Å². The molecule has 1 N–H and O–H groups in total. The number of rotatable bonds is 6. The van der Waals surface area contributed by atoms with Gasteiger partial charge in [-0.25, -0.2) is 8.42 Å². The van der Waals surface area contributed by atoms with Gasteiger partial charge in [0.05, 0.1) is 11.8 Å². The molecule has 1 aromatic carbocycles. The number of carbonyl (C=O) groups is 1. The number of hydrogen-bond acceptors (Lipinski definition) is 4. The molecule has 2 unspecified atom stereocenters. The quantitative estimate of drug-likeness (QED) is 0.861. The summed E-state index contributed by atoms with van der Waals surface area (Å²) < 4.78 is 23.4. The fourth-order valence-electron chi connectivity index (χ4n) is 2.50. The molecule has 1 saturated heterocycles. The first-order valence-corrected chi connectivity index (χ1v) is 9.12. The molecule has 0 bridgehead atoms. The lowest BCUT2D eigenvalue weighted by Crippen LogP contribution is -2.35. The van der Waals surface area contributed by atoms with Crippen molar-refractivity contribution in [3.05, 3.63) is 35.9 Å². The standard InChI is InChI=1S/C15H22N2O3S/c1-3-13-15(18)17(10-11-21(19,20)4-2)14(16-13)12-8-6-5-7-9-12/h5-9,13-14,16H,3-4,10-11H2,1-2H3. The summed E-state index contributed by atoms with van der Waals surface area (Å²) in [7, 11) is -3.08. The zero-order valence-corrected chi connectivity index (χ0v) is 13.3. The fraction of sp³-hybridized carbons (Fsp3) is 0.533. The summed E-state index contributed by atoms with van der Waals surface area (Å²) in [5, 5.41) is 3.29. The average Bonchev–Trinajstić information content (AvgIpc) is 2.82. The third kappa shape index (κ3) is 3.63. The zero-order chi connectivity index (χ0) is 15.5. The van der Waals surface area contributed by atoms with Crippen LogP contribution >= 0.6 is 0 Å². The molecular formula is C15H22N2O3S. The maximum Gasteiger partial charge on any atom is 0.241 e. The Morgan fingerprint density at radius 1 is 1.19 bits per heavy atom. The Balaban J connectivity index is 2.19. The summed E-state index contributed by atoms with van der Waals surface area (Å²) in [6.45, 7) is 3.81. The zero-order valence-electron chi connectivity index (χ0n) is 12.5. The van der Waals surface area contributed by atoms with Gasteiger partial charge in [-0.15, -0.1) is 0 Å². The number of hydrogen-bond donors (Lipinski definition) is 1. The lowest BCUT2D eigenvalue weighted by molar-refractivity contribution is -0.129. The monoisotopic (exact) mass is 310 g/mol. The minimum atomic E-state index is -3.08. The Bertz CT molecular complexity index is 586. The van der Waals surface area contributed by atoms with Crippen LogP contribution < -0.4 is 5.32 Å². The second kappa shape index (κ2) is 6.58.